The number of benzene rings is 3. The number of amides is 1. The van der Waals surface area contributed by atoms with Crippen LogP contribution in [0.4, 0.5) is 14.5 Å². The fraction of sp³-hybridized carbons (Fsp3) is 0.0476. The third kappa shape index (κ3) is 3.61. The summed E-state index contributed by atoms with van der Waals surface area (Å²) in [6.07, 6.45) is 0. The van der Waals surface area contributed by atoms with Crippen LogP contribution < -0.4 is 5.32 Å². The molecule has 0 bridgehead atoms. The predicted molar refractivity (Wildman–Crippen MR) is 107 cm³/mol. The molecule has 0 fully saturated rings. The van der Waals surface area contributed by atoms with E-state index in [2.05, 4.69) is 10.3 Å². The van der Waals surface area contributed by atoms with Crippen molar-refractivity contribution in [1.29, 1.82) is 0 Å². The van der Waals surface area contributed by atoms with E-state index >= 15 is 0 Å². The van der Waals surface area contributed by atoms with Crippen LogP contribution in [0.5, 0.6) is 0 Å². The average molecular weight is 395 g/mol. The first-order valence-corrected chi connectivity index (χ1v) is 9.51. The summed E-state index contributed by atoms with van der Waals surface area (Å²) in [5.74, 6) is -2.17. The van der Waals surface area contributed by atoms with Gasteiger partial charge in [0.1, 0.15) is 17.3 Å². The summed E-state index contributed by atoms with van der Waals surface area (Å²) in [5, 5.41) is 2.92. The Morgan fingerprint density at radius 1 is 0.929 bits per heavy atom. The number of thioether (sulfide) groups is 1. The van der Waals surface area contributed by atoms with Crippen molar-refractivity contribution in [3.8, 4) is 5.69 Å². The van der Waals surface area contributed by atoms with E-state index in [0.717, 1.165) is 28.9 Å². The molecule has 0 saturated heterocycles. The van der Waals surface area contributed by atoms with E-state index in [-0.39, 0.29) is 5.75 Å². The number of rotatable bonds is 5. The first kappa shape index (κ1) is 18.2. The fourth-order valence-electron chi connectivity index (χ4n) is 2.85. The van der Waals surface area contributed by atoms with Gasteiger partial charge in [0.2, 0.25) is 5.91 Å². The van der Waals surface area contributed by atoms with Crippen molar-refractivity contribution in [1.82, 2.24) is 9.55 Å². The van der Waals surface area contributed by atoms with Crippen LogP contribution in [-0.4, -0.2) is 21.2 Å². The summed E-state index contributed by atoms with van der Waals surface area (Å²) in [6, 6.07) is 20.8. The van der Waals surface area contributed by atoms with E-state index in [4.69, 9.17) is 0 Å². The van der Waals surface area contributed by atoms with E-state index in [0.29, 0.717) is 5.16 Å². The second kappa shape index (κ2) is 7.82. The number of anilines is 1. The number of fused-ring (bicyclic) bond motifs is 1. The molecule has 140 valence electrons. The normalized spacial score (nSPS) is 10.9. The highest BCUT2D eigenvalue weighted by atomic mass is 32.2. The topological polar surface area (TPSA) is 46.9 Å². The lowest BCUT2D eigenvalue weighted by Crippen LogP contribution is -2.16. The molecule has 0 aliphatic carbocycles. The Hall–Kier alpha value is -3.19. The van der Waals surface area contributed by atoms with Gasteiger partial charge in [0.25, 0.3) is 0 Å². The molecule has 1 heterocycles. The summed E-state index contributed by atoms with van der Waals surface area (Å²) in [4.78, 5) is 16.9. The van der Waals surface area contributed by atoms with Gasteiger partial charge in [-0.3, -0.25) is 9.36 Å². The van der Waals surface area contributed by atoms with E-state index in [9.17, 15) is 13.6 Å². The highest BCUT2D eigenvalue weighted by molar-refractivity contribution is 7.99. The van der Waals surface area contributed by atoms with Crippen molar-refractivity contribution in [2.45, 2.75) is 5.16 Å². The standard InChI is InChI=1S/C21H15F2N3OS/c22-15-9-6-10-16(23)20(15)25-19(27)13-28-21-24-17-11-4-5-12-18(17)26(21)14-7-2-1-3-8-14/h1-12H,13H2,(H,25,27). The Morgan fingerprint density at radius 2 is 1.61 bits per heavy atom. The highest BCUT2D eigenvalue weighted by Crippen LogP contribution is 2.28. The SMILES string of the molecule is O=C(CSc1nc2ccccc2n1-c1ccccc1)Nc1c(F)cccc1F. The Morgan fingerprint density at radius 3 is 2.36 bits per heavy atom. The Kier molecular flexibility index (Phi) is 5.08. The van der Waals surface area contributed by atoms with Crippen LogP contribution in [0.15, 0.2) is 78.0 Å². The van der Waals surface area contributed by atoms with Crippen molar-refractivity contribution in [2.24, 2.45) is 0 Å². The molecule has 0 saturated carbocycles. The number of aromatic nitrogens is 2. The van der Waals surface area contributed by atoms with Gasteiger partial charge in [-0.25, -0.2) is 13.8 Å². The first-order chi connectivity index (χ1) is 13.6. The van der Waals surface area contributed by atoms with Gasteiger partial charge in [-0.2, -0.15) is 0 Å². The van der Waals surface area contributed by atoms with Gasteiger partial charge in [-0.15, -0.1) is 0 Å². The first-order valence-electron chi connectivity index (χ1n) is 8.53. The van der Waals surface area contributed by atoms with Crippen molar-refractivity contribution in [3.05, 3.63) is 84.4 Å². The van der Waals surface area contributed by atoms with Crippen LogP contribution >= 0.6 is 11.8 Å². The van der Waals surface area contributed by atoms with Crippen LogP contribution in [0, 0.1) is 11.6 Å². The molecule has 0 spiro atoms. The molecule has 4 aromatic rings. The molecule has 0 aliphatic rings. The highest BCUT2D eigenvalue weighted by Gasteiger charge is 2.16. The second-order valence-electron chi connectivity index (χ2n) is 5.99. The maximum atomic E-state index is 13.7. The number of nitrogens with zero attached hydrogens (tertiary/aromatic N) is 2. The van der Waals surface area contributed by atoms with E-state index in [1.807, 2.05) is 59.2 Å². The smallest absolute Gasteiger partial charge is 0.235 e. The molecule has 28 heavy (non-hydrogen) atoms. The molecule has 4 nitrogen and oxygen atoms in total. The van der Waals surface area contributed by atoms with Crippen LogP contribution in [0.2, 0.25) is 0 Å². The maximum absolute atomic E-state index is 13.7. The van der Waals surface area contributed by atoms with E-state index < -0.39 is 23.2 Å². The molecule has 7 heteroatoms. The van der Waals surface area contributed by atoms with Gasteiger partial charge in [0.15, 0.2) is 5.16 Å². The lowest BCUT2D eigenvalue weighted by molar-refractivity contribution is -0.113. The molecule has 1 amide bonds. The largest absolute Gasteiger partial charge is 0.320 e. The molecular weight excluding hydrogens is 380 g/mol. The molecular formula is C21H15F2N3OS. The maximum Gasteiger partial charge on any atom is 0.235 e. The monoisotopic (exact) mass is 395 g/mol. The molecule has 1 N–H and O–H groups in total. The van der Waals surface area contributed by atoms with Gasteiger partial charge in [-0.05, 0) is 36.4 Å². The number of carbonyl (C=O) groups excluding carboxylic acids is 1. The second-order valence-corrected chi connectivity index (χ2v) is 6.93. The number of nitrogens with one attached hydrogen (secondary N) is 1. The summed E-state index contributed by atoms with van der Waals surface area (Å²) in [6.45, 7) is 0. The van der Waals surface area contributed by atoms with Crippen molar-refractivity contribution in [3.63, 3.8) is 0 Å². The number of para-hydroxylation sites is 4. The van der Waals surface area contributed by atoms with Gasteiger partial charge in [0, 0.05) is 5.69 Å². The third-order valence-electron chi connectivity index (χ3n) is 4.10. The van der Waals surface area contributed by atoms with Crippen LogP contribution in [0.3, 0.4) is 0 Å². The minimum absolute atomic E-state index is 0.0378. The van der Waals surface area contributed by atoms with Crippen LogP contribution in [0.25, 0.3) is 16.7 Å². The van der Waals surface area contributed by atoms with Crippen molar-refractivity contribution < 1.29 is 13.6 Å². The summed E-state index contributed by atoms with van der Waals surface area (Å²) < 4.78 is 29.4. The van der Waals surface area contributed by atoms with Gasteiger partial charge < -0.3 is 5.32 Å². The molecule has 0 unspecified atom stereocenters. The molecule has 0 aliphatic heterocycles. The zero-order valence-corrected chi connectivity index (χ0v) is 15.4. The quantitative estimate of drug-likeness (QED) is 0.482. The zero-order chi connectivity index (χ0) is 19.5. The number of hydrogen-bond donors (Lipinski definition) is 1. The molecule has 0 radical (unpaired) electrons. The average Bonchev–Trinajstić information content (AvgIpc) is 3.08. The summed E-state index contributed by atoms with van der Waals surface area (Å²) in [7, 11) is 0. The zero-order valence-electron chi connectivity index (χ0n) is 14.6. The number of carbonyl (C=O) groups is 1. The Labute approximate surface area is 164 Å². The third-order valence-corrected chi connectivity index (χ3v) is 5.04. The van der Waals surface area contributed by atoms with Crippen LogP contribution in [-0.2, 0) is 4.79 Å². The van der Waals surface area contributed by atoms with E-state index in [1.54, 1.807) is 0 Å². The fourth-order valence-corrected chi connectivity index (χ4v) is 3.68. The molecule has 0 atom stereocenters. The summed E-state index contributed by atoms with van der Waals surface area (Å²) in [5.41, 5.74) is 2.19. The van der Waals surface area contributed by atoms with Crippen LogP contribution in [0.1, 0.15) is 0 Å². The number of imidazole rings is 1. The Bertz CT molecular complexity index is 1120. The predicted octanol–water partition coefficient (Wildman–Crippen LogP) is 5.03. The lowest BCUT2D eigenvalue weighted by Gasteiger charge is -2.10. The minimum Gasteiger partial charge on any atom is -0.320 e. The van der Waals surface area contributed by atoms with Gasteiger partial charge >= 0.3 is 0 Å². The van der Waals surface area contributed by atoms with Gasteiger partial charge in [-0.1, -0.05) is 48.2 Å². The molecule has 3 aromatic carbocycles. The number of hydrogen-bond acceptors (Lipinski definition) is 3. The van der Waals surface area contributed by atoms with E-state index in [1.165, 1.54) is 17.8 Å². The number of halogens is 2. The minimum atomic E-state index is -0.810. The molecule has 4 rings (SSSR count). The van der Waals surface area contributed by atoms with Crippen molar-refractivity contribution >= 4 is 34.4 Å². The lowest BCUT2D eigenvalue weighted by atomic mass is 10.3. The summed E-state index contributed by atoms with van der Waals surface area (Å²) >= 11 is 1.20. The Balaban J connectivity index is 1.59. The van der Waals surface area contributed by atoms with Crippen molar-refractivity contribution in [2.75, 3.05) is 11.1 Å². The molecule has 1 aromatic heterocycles. The van der Waals surface area contributed by atoms with Gasteiger partial charge in [0.05, 0.1) is 16.8 Å².